The van der Waals surface area contributed by atoms with E-state index in [1.807, 2.05) is 0 Å². The zero-order chi connectivity index (χ0) is 7.84. The second-order valence-corrected chi connectivity index (χ2v) is 2.71. The minimum absolute atomic E-state index is 0.192. The highest BCUT2D eigenvalue weighted by molar-refractivity contribution is 5.14. The van der Waals surface area contributed by atoms with Crippen LogP contribution in [0.15, 0.2) is 11.1 Å². The van der Waals surface area contributed by atoms with E-state index in [0.717, 1.165) is 12.8 Å². The van der Waals surface area contributed by atoms with Gasteiger partial charge >= 0.3 is 0 Å². The lowest BCUT2D eigenvalue weighted by Gasteiger charge is -1.95. The number of halogens is 1. The molecule has 0 aromatic carbocycles. The molecule has 58 valence electrons. The van der Waals surface area contributed by atoms with Crippen molar-refractivity contribution in [3.63, 3.8) is 0 Å². The summed E-state index contributed by atoms with van der Waals surface area (Å²) >= 11 is 0. The zero-order valence-corrected chi connectivity index (χ0v) is 5.80. The number of nitrogens with one attached hydrogen (secondary N) is 1. The average Bonchev–Trinajstić information content (AvgIpc) is 2.77. The molecule has 0 atom stereocenters. The monoisotopic (exact) mass is 154 g/mol. The molecule has 2 rings (SSSR count). The molecule has 1 aromatic heterocycles. The summed E-state index contributed by atoms with van der Waals surface area (Å²) in [7, 11) is 0. The number of H-pyrrole nitrogens is 1. The third-order valence-corrected chi connectivity index (χ3v) is 1.79. The molecule has 0 radical (unpaired) electrons. The lowest BCUT2D eigenvalue weighted by atomic mass is 10.3. The van der Waals surface area contributed by atoms with Crippen molar-refractivity contribution in [1.82, 2.24) is 9.97 Å². The van der Waals surface area contributed by atoms with E-state index in [1.54, 1.807) is 0 Å². The first-order valence-corrected chi connectivity index (χ1v) is 3.52. The minimum atomic E-state index is -0.713. The Morgan fingerprint density at radius 1 is 1.64 bits per heavy atom. The second kappa shape index (κ2) is 2.15. The molecule has 3 nitrogen and oxygen atoms in total. The lowest BCUT2D eigenvalue weighted by molar-refractivity contribution is 0.578. The summed E-state index contributed by atoms with van der Waals surface area (Å²) in [4.78, 5) is 16.7. The van der Waals surface area contributed by atoms with Crippen LogP contribution in [0.2, 0.25) is 0 Å². The number of rotatable bonds is 1. The fourth-order valence-corrected chi connectivity index (χ4v) is 1.04. The molecule has 1 aliphatic rings. The first-order chi connectivity index (χ1) is 5.29. The minimum Gasteiger partial charge on any atom is -0.311 e. The van der Waals surface area contributed by atoms with Crippen molar-refractivity contribution in [3.05, 3.63) is 28.2 Å². The smallest absolute Gasteiger partial charge is 0.287 e. The number of nitrogens with zero attached hydrogens (tertiary/aromatic N) is 1. The first kappa shape index (κ1) is 6.52. The summed E-state index contributed by atoms with van der Waals surface area (Å²) in [5.41, 5.74) is -0.337. The van der Waals surface area contributed by atoms with Crippen LogP contribution < -0.4 is 5.56 Å². The van der Waals surface area contributed by atoms with Gasteiger partial charge in [0, 0.05) is 5.92 Å². The fourth-order valence-electron chi connectivity index (χ4n) is 1.04. The third kappa shape index (κ3) is 1.04. The van der Waals surface area contributed by atoms with Crippen molar-refractivity contribution in [1.29, 1.82) is 0 Å². The van der Waals surface area contributed by atoms with Crippen LogP contribution in [0, 0.1) is 5.82 Å². The van der Waals surface area contributed by atoms with Gasteiger partial charge in [-0.3, -0.25) is 4.79 Å². The molecule has 4 heteroatoms. The summed E-state index contributed by atoms with van der Waals surface area (Å²) in [6.07, 6.45) is 3.15. The third-order valence-electron chi connectivity index (χ3n) is 1.79. The van der Waals surface area contributed by atoms with Crippen molar-refractivity contribution >= 4 is 0 Å². The second-order valence-electron chi connectivity index (χ2n) is 2.71. The highest BCUT2D eigenvalue weighted by Crippen LogP contribution is 2.39. The zero-order valence-electron chi connectivity index (χ0n) is 5.80. The van der Waals surface area contributed by atoms with Gasteiger partial charge in [-0.1, -0.05) is 0 Å². The fraction of sp³-hybridized carbons (Fsp3) is 0.429. The Labute approximate surface area is 62.3 Å². The van der Waals surface area contributed by atoms with Gasteiger partial charge in [0.25, 0.3) is 5.56 Å². The molecule has 11 heavy (non-hydrogen) atoms. The summed E-state index contributed by atoms with van der Waals surface area (Å²) in [6, 6.07) is 0. The molecular formula is C7H7FN2O. The Kier molecular flexibility index (Phi) is 1.27. The molecule has 1 aromatic rings. The molecule has 0 bridgehead atoms. The van der Waals surface area contributed by atoms with Gasteiger partial charge in [0.15, 0.2) is 0 Å². The van der Waals surface area contributed by atoms with Gasteiger partial charge in [-0.05, 0) is 12.8 Å². The SMILES string of the molecule is O=c1[nH]cnc(C2CC2)c1F. The van der Waals surface area contributed by atoms with Crippen molar-refractivity contribution in [2.45, 2.75) is 18.8 Å². The largest absolute Gasteiger partial charge is 0.311 e. The maximum atomic E-state index is 12.9. The summed E-state index contributed by atoms with van der Waals surface area (Å²) in [5.74, 6) is -0.521. The molecule has 0 saturated heterocycles. The van der Waals surface area contributed by atoms with E-state index >= 15 is 0 Å². The Bertz CT molecular complexity index is 329. The molecule has 0 unspecified atom stereocenters. The topological polar surface area (TPSA) is 45.8 Å². The highest BCUT2D eigenvalue weighted by atomic mass is 19.1. The molecule has 1 saturated carbocycles. The molecule has 1 fully saturated rings. The Morgan fingerprint density at radius 3 is 3.00 bits per heavy atom. The number of aromatic nitrogens is 2. The normalized spacial score (nSPS) is 16.8. The average molecular weight is 154 g/mol. The highest BCUT2D eigenvalue weighted by Gasteiger charge is 2.28. The molecule has 1 heterocycles. The van der Waals surface area contributed by atoms with Crippen molar-refractivity contribution in [3.8, 4) is 0 Å². The molecular weight excluding hydrogens is 147 g/mol. The van der Waals surface area contributed by atoms with Crippen LogP contribution >= 0.6 is 0 Å². The van der Waals surface area contributed by atoms with E-state index in [-0.39, 0.29) is 5.92 Å². The van der Waals surface area contributed by atoms with E-state index < -0.39 is 11.4 Å². The van der Waals surface area contributed by atoms with Gasteiger partial charge in [0.05, 0.1) is 12.0 Å². The van der Waals surface area contributed by atoms with Crippen LogP contribution in [0.3, 0.4) is 0 Å². The Balaban J connectivity index is 2.54. The van der Waals surface area contributed by atoms with E-state index in [0.29, 0.717) is 5.69 Å². The summed E-state index contributed by atoms with van der Waals surface area (Å²) in [5, 5.41) is 0. The summed E-state index contributed by atoms with van der Waals surface area (Å²) in [6.45, 7) is 0. The standard InChI is InChI=1S/C7H7FN2O/c8-5-6(4-1-2-4)9-3-10-7(5)11/h3-4H,1-2H2,(H,9,10,11). The maximum absolute atomic E-state index is 12.9. The van der Waals surface area contributed by atoms with Gasteiger partial charge in [-0.25, -0.2) is 4.98 Å². The molecule has 1 aliphatic carbocycles. The van der Waals surface area contributed by atoms with Crippen LogP contribution in [0.25, 0.3) is 0 Å². The van der Waals surface area contributed by atoms with Gasteiger partial charge in [0.2, 0.25) is 5.82 Å². The van der Waals surface area contributed by atoms with Crippen molar-refractivity contribution in [2.24, 2.45) is 0 Å². The van der Waals surface area contributed by atoms with E-state index in [4.69, 9.17) is 0 Å². The van der Waals surface area contributed by atoms with Crippen LogP contribution in [0.5, 0.6) is 0 Å². The van der Waals surface area contributed by atoms with E-state index in [9.17, 15) is 9.18 Å². The van der Waals surface area contributed by atoms with Crippen LogP contribution in [0.1, 0.15) is 24.5 Å². The van der Waals surface area contributed by atoms with Gasteiger partial charge in [-0.15, -0.1) is 0 Å². The number of hydrogen-bond acceptors (Lipinski definition) is 2. The van der Waals surface area contributed by atoms with Gasteiger partial charge in [0.1, 0.15) is 0 Å². The van der Waals surface area contributed by atoms with E-state index in [1.165, 1.54) is 6.33 Å². The van der Waals surface area contributed by atoms with Crippen LogP contribution in [0.4, 0.5) is 4.39 Å². The predicted molar refractivity (Wildman–Crippen MR) is 36.8 cm³/mol. The molecule has 1 N–H and O–H groups in total. The van der Waals surface area contributed by atoms with Crippen LogP contribution in [-0.2, 0) is 0 Å². The summed E-state index contributed by atoms with van der Waals surface area (Å²) < 4.78 is 12.9. The van der Waals surface area contributed by atoms with E-state index in [2.05, 4.69) is 9.97 Å². The predicted octanol–water partition coefficient (Wildman–Crippen LogP) is 0.786. The number of aromatic amines is 1. The maximum Gasteiger partial charge on any atom is 0.287 e. The Morgan fingerprint density at radius 2 is 2.36 bits per heavy atom. The molecule has 0 spiro atoms. The Hall–Kier alpha value is -1.19. The number of hydrogen-bond donors (Lipinski definition) is 1. The lowest BCUT2D eigenvalue weighted by Crippen LogP contribution is -2.14. The molecule has 0 amide bonds. The quantitative estimate of drug-likeness (QED) is 0.649. The first-order valence-electron chi connectivity index (χ1n) is 3.52. The van der Waals surface area contributed by atoms with Gasteiger partial charge < -0.3 is 4.98 Å². The van der Waals surface area contributed by atoms with Crippen molar-refractivity contribution in [2.75, 3.05) is 0 Å². The molecule has 0 aliphatic heterocycles. The van der Waals surface area contributed by atoms with Gasteiger partial charge in [-0.2, -0.15) is 4.39 Å². The van der Waals surface area contributed by atoms with Crippen LogP contribution in [-0.4, -0.2) is 9.97 Å². The van der Waals surface area contributed by atoms with Crippen molar-refractivity contribution < 1.29 is 4.39 Å².